The van der Waals surface area contributed by atoms with Crippen LogP contribution in [0, 0.1) is 0 Å². The molecule has 0 N–H and O–H groups in total. The summed E-state index contributed by atoms with van der Waals surface area (Å²) in [5, 5.41) is 0. The van der Waals surface area contributed by atoms with Crippen molar-refractivity contribution < 1.29 is 50.5 Å². The molecule has 15 heteroatoms. The van der Waals surface area contributed by atoms with E-state index in [0.717, 1.165) is 6.08 Å². The van der Waals surface area contributed by atoms with Gasteiger partial charge >= 0.3 is 32.7 Å². The third kappa shape index (κ3) is 19.1. The van der Waals surface area contributed by atoms with Crippen LogP contribution in [0.2, 0.25) is 63.5 Å². The van der Waals surface area contributed by atoms with Crippen LogP contribution in [0.3, 0.4) is 0 Å². The van der Waals surface area contributed by atoms with Crippen LogP contribution in [0.25, 0.3) is 0 Å². The van der Waals surface area contributed by atoms with Crippen LogP contribution in [-0.2, 0) is 50.5 Å². The maximum atomic E-state index is 11.6. The maximum absolute atomic E-state index is 11.6. The summed E-state index contributed by atoms with van der Waals surface area (Å²) in [6.45, 7) is 20.4. The lowest BCUT2D eigenvalue weighted by Crippen LogP contribution is -2.62. The highest BCUT2D eigenvalue weighted by Crippen LogP contribution is 2.33. The van der Waals surface area contributed by atoms with Crippen molar-refractivity contribution >= 4 is 57.6 Å². The van der Waals surface area contributed by atoms with E-state index in [9.17, 15) is 19.2 Å². The molecule has 0 aliphatic carbocycles. The second-order valence-electron chi connectivity index (χ2n) is 11.0. The summed E-state index contributed by atoms with van der Waals surface area (Å²) in [4.78, 5) is 45.6. The molecule has 0 aromatic rings. The Morgan fingerprint density at radius 1 is 0.564 bits per heavy atom. The topological polar surface area (TPSA) is 133 Å². The molecule has 0 amide bonds. The molecule has 0 rings (SSSR count). The van der Waals surface area contributed by atoms with Crippen molar-refractivity contribution in [3.8, 4) is 0 Å². The zero-order valence-corrected chi connectivity index (χ0v) is 29.1. The number of ether oxygens (including phenoxy) is 4. The van der Waals surface area contributed by atoms with Crippen molar-refractivity contribution in [3.05, 3.63) is 12.7 Å². The van der Waals surface area contributed by atoms with Gasteiger partial charge in [0.15, 0.2) is 25.0 Å². The number of esters is 4. The van der Waals surface area contributed by atoms with Gasteiger partial charge < -0.3 is 31.3 Å². The van der Waals surface area contributed by atoms with Crippen LogP contribution in [0.15, 0.2) is 12.7 Å². The second kappa shape index (κ2) is 17.2. The molecule has 0 bridgehead atoms. The van der Waals surface area contributed by atoms with Crippen LogP contribution < -0.4 is 0 Å². The highest BCUT2D eigenvalue weighted by atomic mass is 28.5. The van der Waals surface area contributed by atoms with Crippen molar-refractivity contribution in [3.63, 3.8) is 0 Å². The summed E-state index contributed by atoms with van der Waals surface area (Å²) in [6.07, 6.45) is 1.54. The van der Waals surface area contributed by atoms with Crippen molar-refractivity contribution in [2.75, 3.05) is 26.4 Å². The van der Waals surface area contributed by atoms with Gasteiger partial charge in [0.2, 0.25) is 0 Å². The lowest BCUT2D eigenvalue weighted by Gasteiger charge is -2.45. The first-order valence-electron chi connectivity index (χ1n) is 13.1. The zero-order chi connectivity index (χ0) is 30.3. The Balaban J connectivity index is 6.20. The molecule has 0 saturated carbocycles. The number of rotatable bonds is 20. The van der Waals surface area contributed by atoms with Crippen molar-refractivity contribution in [2.45, 2.75) is 90.7 Å². The highest BCUT2D eigenvalue weighted by Gasteiger charge is 2.52. The number of carbonyl (C=O) groups excluding carboxylic acids is 4. The summed E-state index contributed by atoms with van der Waals surface area (Å²) in [5.41, 5.74) is 0. The molecule has 0 aliphatic rings. The molecular weight excluding hydrogens is 577 g/mol. The molecule has 0 fully saturated rings. The van der Waals surface area contributed by atoms with Crippen LogP contribution >= 0.6 is 0 Å². The monoisotopic (exact) mass is 624 g/mol. The molecule has 0 aromatic carbocycles. The van der Waals surface area contributed by atoms with E-state index in [2.05, 4.69) is 6.58 Å². The van der Waals surface area contributed by atoms with Gasteiger partial charge in [-0.2, -0.15) is 0 Å². The quantitative estimate of drug-likeness (QED) is 0.0627. The van der Waals surface area contributed by atoms with Crippen molar-refractivity contribution in [1.29, 1.82) is 0 Å². The third-order valence-corrected chi connectivity index (χ3v) is 20.9. The minimum absolute atomic E-state index is 0.135. The van der Waals surface area contributed by atoms with E-state index in [4.69, 9.17) is 31.3 Å². The summed E-state index contributed by atoms with van der Waals surface area (Å²) in [7, 11) is -11.0. The molecule has 0 aliphatic heterocycles. The molecule has 0 spiro atoms. The van der Waals surface area contributed by atoms with E-state index in [0.29, 0.717) is 30.6 Å². The maximum Gasteiger partial charge on any atom is 0.469 e. The van der Waals surface area contributed by atoms with Gasteiger partial charge in [-0.3, -0.25) is 14.4 Å². The molecule has 0 aromatic heterocycles. The molecule has 226 valence electrons. The second-order valence-corrected chi connectivity index (χ2v) is 27.4. The molecule has 0 atom stereocenters. The Bertz CT molecular complexity index is 747. The van der Waals surface area contributed by atoms with Gasteiger partial charge in [-0.05, 0) is 63.8 Å². The Morgan fingerprint density at radius 2 is 0.897 bits per heavy atom. The first-order valence-corrected chi connectivity index (χ1v) is 24.4. The Morgan fingerprint density at radius 3 is 1.18 bits per heavy atom. The van der Waals surface area contributed by atoms with Gasteiger partial charge in [0.25, 0.3) is 0 Å². The van der Waals surface area contributed by atoms with E-state index in [1.165, 1.54) is 20.8 Å². The minimum Gasteiger partial charge on any atom is -0.466 e. The van der Waals surface area contributed by atoms with Crippen molar-refractivity contribution in [2.24, 2.45) is 0 Å². The first kappa shape index (κ1) is 37.4. The molecule has 0 saturated heterocycles. The van der Waals surface area contributed by atoms with Gasteiger partial charge in [0.1, 0.15) is 0 Å². The van der Waals surface area contributed by atoms with E-state index >= 15 is 0 Å². The average Bonchev–Trinajstić information content (AvgIpc) is 2.74. The SMILES string of the molecule is C=CC(=O)OCCC[Si](O[Si](C)(C)CCOC(C)=O)(O[Si](C)(C)CCOC(C)=O)O[Si](C)(C)CCOC(C)=O. The molecule has 11 nitrogen and oxygen atoms in total. The van der Waals surface area contributed by atoms with E-state index < -0.39 is 39.7 Å². The molecule has 0 unspecified atom stereocenters. The van der Waals surface area contributed by atoms with Gasteiger partial charge in [-0.15, -0.1) is 0 Å². The van der Waals surface area contributed by atoms with Gasteiger partial charge in [0.05, 0.1) is 26.4 Å². The normalized spacial score (nSPS) is 12.4. The summed E-state index contributed by atoms with van der Waals surface area (Å²) in [5.74, 6) is -1.61. The van der Waals surface area contributed by atoms with Crippen LogP contribution in [0.5, 0.6) is 0 Å². The minimum atomic E-state index is -3.47. The third-order valence-electron chi connectivity index (χ3n) is 5.36. The van der Waals surface area contributed by atoms with E-state index in [1.54, 1.807) is 0 Å². The molecule has 0 radical (unpaired) electrons. The van der Waals surface area contributed by atoms with Crippen molar-refractivity contribution in [1.82, 2.24) is 0 Å². The van der Waals surface area contributed by atoms with Gasteiger partial charge in [0, 0.05) is 32.9 Å². The Hall–Kier alpha value is -1.63. The zero-order valence-electron chi connectivity index (χ0n) is 25.1. The van der Waals surface area contributed by atoms with Crippen LogP contribution in [0.1, 0.15) is 27.2 Å². The standard InChI is InChI=1S/C24H48O11Si4/c1-11-24(28)32-13-12-17-39(33-36(5,6)18-14-29-21(2)25,34-37(7,8)19-15-30-22(3)26)35-38(9,10)20-16-31-23(4)27/h11H,1,12-20H2,2-10H3. The summed E-state index contributed by atoms with van der Waals surface area (Å²) in [6, 6.07) is 1.98. The summed E-state index contributed by atoms with van der Waals surface area (Å²) < 4.78 is 41.5. The smallest absolute Gasteiger partial charge is 0.466 e. The Kier molecular flexibility index (Phi) is 16.5. The fourth-order valence-electron chi connectivity index (χ4n) is 3.47. The first-order chi connectivity index (χ1) is 17.8. The fourth-order valence-corrected chi connectivity index (χ4v) is 20.0. The number of carbonyl (C=O) groups is 4. The number of hydrogen-bond donors (Lipinski definition) is 0. The van der Waals surface area contributed by atoms with Crippen LogP contribution in [0.4, 0.5) is 0 Å². The number of hydrogen-bond acceptors (Lipinski definition) is 11. The Labute approximate surface area is 237 Å². The molecule has 39 heavy (non-hydrogen) atoms. The predicted octanol–water partition coefficient (Wildman–Crippen LogP) is 4.40. The lowest BCUT2D eigenvalue weighted by atomic mass is 10.5. The van der Waals surface area contributed by atoms with E-state index in [-0.39, 0.29) is 44.3 Å². The molecular formula is C24H48O11Si4. The lowest BCUT2D eigenvalue weighted by molar-refractivity contribution is -0.141. The predicted molar refractivity (Wildman–Crippen MR) is 156 cm³/mol. The fraction of sp³-hybridized carbons (Fsp3) is 0.750. The average molecular weight is 625 g/mol. The molecule has 0 heterocycles. The van der Waals surface area contributed by atoms with Gasteiger partial charge in [-0.1, -0.05) is 6.58 Å². The largest absolute Gasteiger partial charge is 0.469 e. The van der Waals surface area contributed by atoms with Crippen LogP contribution in [-0.4, -0.2) is 84.1 Å². The van der Waals surface area contributed by atoms with E-state index in [1.807, 2.05) is 39.3 Å². The highest BCUT2D eigenvalue weighted by molar-refractivity contribution is 6.90. The van der Waals surface area contributed by atoms with Gasteiger partial charge in [-0.25, -0.2) is 4.79 Å². The summed E-state index contributed by atoms with van der Waals surface area (Å²) >= 11 is 0.